The molecular formula is C13H17BrN2O2. The van der Waals surface area contributed by atoms with Crippen molar-refractivity contribution in [3.05, 3.63) is 28.2 Å². The Morgan fingerprint density at radius 3 is 2.83 bits per heavy atom. The lowest BCUT2D eigenvalue weighted by Crippen LogP contribution is -2.39. The number of benzene rings is 1. The van der Waals surface area contributed by atoms with Gasteiger partial charge in [0.05, 0.1) is 11.7 Å². The zero-order valence-corrected chi connectivity index (χ0v) is 11.9. The molecule has 0 bridgehead atoms. The third kappa shape index (κ3) is 2.84. The molecule has 1 aliphatic rings. The van der Waals surface area contributed by atoms with Gasteiger partial charge in [0, 0.05) is 23.8 Å². The van der Waals surface area contributed by atoms with Crippen LogP contribution in [0.25, 0.3) is 0 Å². The fraction of sp³-hybridized carbons (Fsp3) is 0.462. The van der Waals surface area contributed by atoms with Crippen LogP contribution in [0.15, 0.2) is 22.7 Å². The van der Waals surface area contributed by atoms with E-state index < -0.39 is 0 Å². The van der Waals surface area contributed by atoms with Gasteiger partial charge in [-0.05, 0) is 52.9 Å². The maximum atomic E-state index is 12.3. The van der Waals surface area contributed by atoms with E-state index in [0.29, 0.717) is 23.7 Å². The van der Waals surface area contributed by atoms with Gasteiger partial charge < -0.3 is 15.7 Å². The number of hydrogen-bond acceptors (Lipinski definition) is 3. The second kappa shape index (κ2) is 5.28. The molecule has 98 valence electrons. The third-order valence-corrected chi connectivity index (χ3v) is 4.00. The maximum absolute atomic E-state index is 12.3. The number of aliphatic hydroxyl groups is 1. The Bertz CT molecular complexity index is 458. The number of nitrogen functional groups attached to an aromatic ring is 1. The summed E-state index contributed by atoms with van der Waals surface area (Å²) >= 11 is 3.36. The van der Waals surface area contributed by atoms with Crippen LogP contribution < -0.4 is 5.73 Å². The van der Waals surface area contributed by atoms with Gasteiger partial charge in [0.2, 0.25) is 0 Å². The standard InChI is InChI=1S/C13H17BrN2O2/c1-16(7-8-4-10(17)5-8)13(18)11-6-9(15)2-3-12(11)14/h2-3,6,8,10,17H,4-5,7,15H2,1H3. The highest BCUT2D eigenvalue weighted by Gasteiger charge is 2.29. The fourth-order valence-corrected chi connectivity index (χ4v) is 2.65. The lowest BCUT2D eigenvalue weighted by molar-refractivity contribution is 0.0265. The van der Waals surface area contributed by atoms with Gasteiger partial charge in [-0.15, -0.1) is 0 Å². The molecule has 5 heteroatoms. The first-order chi connectivity index (χ1) is 8.47. The van der Waals surface area contributed by atoms with Crippen molar-refractivity contribution in [3.63, 3.8) is 0 Å². The number of rotatable bonds is 3. The molecule has 0 radical (unpaired) electrons. The van der Waals surface area contributed by atoms with Crippen LogP contribution >= 0.6 is 15.9 Å². The number of halogens is 1. The number of carbonyl (C=O) groups excluding carboxylic acids is 1. The number of aliphatic hydroxyl groups excluding tert-OH is 1. The number of hydrogen-bond donors (Lipinski definition) is 2. The monoisotopic (exact) mass is 312 g/mol. The van der Waals surface area contributed by atoms with Crippen molar-refractivity contribution >= 4 is 27.5 Å². The smallest absolute Gasteiger partial charge is 0.254 e. The van der Waals surface area contributed by atoms with Crippen molar-refractivity contribution < 1.29 is 9.90 Å². The van der Waals surface area contributed by atoms with Crippen LogP contribution in [0, 0.1) is 5.92 Å². The SMILES string of the molecule is CN(CC1CC(O)C1)C(=O)c1cc(N)ccc1Br. The second-order valence-electron chi connectivity index (χ2n) is 4.92. The number of carbonyl (C=O) groups is 1. The predicted molar refractivity (Wildman–Crippen MR) is 74.2 cm³/mol. The van der Waals surface area contributed by atoms with E-state index in [0.717, 1.165) is 17.3 Å². The summed E-state index contributed by atoms with van der Waals surface area (Å²) in [7, 11) is 1.78. The average molecular weight is 313 g/mol. The molecule has 2 rings (SSSR count). The van der Waals surface area contributed by atoms with Crippen LogP contribution in [0.3, 0.4) is 0 Å². The molecule has 4 nitrogen and oxygen atoms in total. The molecule has 1 fully saturated rings. The summed E-state index contributed by atoms with van der Waals surface area (Å²) in [4.78, 5) is 13.9. The Labute approximate surface area is 115 Å². The van der Waals surface area contributed by atoms with Gasteiger partial charge in [-0.1, -0.05) is 0 Å². The molecule has 1 saturated carbocycles. The number of anilines is 1. The molecule has 0 saturated heterocycles. The summed E-state index contributed by atoms with van der Waals surface area (Å²) in [5, 5.41) is 9.24. The molecular weight excluding hydrogens is 296 g/mol. The van der Waals surface area contributed by atoms with Crippen molar-refractivity contribution in [3.8, 4) is 0 Å². The lowest BCUT2D eigenvalue weighted by Gasteiger charge is -2.34. The molecule has 1 amide bonds. The van der Waals surface area contributed by atoms with Gasteiger partial charge in [-0.2, -0.15) is 0 Å². The number of nitrogens with zero attached hydrogens (tertiary/aromatic N) is 1. The molecule has 0 spiro atoms. The highest BCUT2D eigenvalue weighted by Crippen LogP contribution is 2.28. The van der Waals surface area contributed by atoms with E-state index in [9.17, 15) is 9.90 Å². The average Bonchev–Trinajstić information content (AvgIpc) is 2.29. The summed E-state index contributed by atoms with van der Waals surface area (Å²) in [6, 6.07) is 5.21. The highest BCUT2D eigenvalue weighted by atomic mass is 79.9. The minimum Gasteiger partial charge on any atom is -0.399 e. The molecule has 0 aromatic heterocycles. The van der Waals surface area contributed by atoms with Gasteiger partial charge in [-0.3, -0.25) is 4.79 Å². The van der Waals surface area contributed by atoms with Crippen LogP contribution in [0.5, 0.6) is 0 Å². The minimum atomic E-state index is -0.183. The normalized spacial score (nSPS) is 22.4. The Morgan fingerprint density at radius 2 is 2.22 bits per heavy atom. The molecule has 18 heavy (non-hydrogen) atoms. The second-order valence-corrected chi connectivity index (χ2v) is 5.77. The Balaban J connectivity index is 2.03. The molecule has 0 atom stereocenters. The Hall–Kier alpha value is -1.07. The van der Waals surface area contributed by atoms with Gasteiger partial charge in [0.1, 0.15) is 0 Å². The van der Waals surface area contributed by atoms with E-state index in [4.69, 9.17) is 5.73 Å². The van der Waals surface area contributed by atoms with Gasteiger partial charge >= 0.3 is 0 Å². The van der Waals surface area contributed by atoms with E-state index in [2.05, 4.69) is 15.9 Å². The maximum Gasteiger partial charge on any atom is 0.254 e. The van der Waals surface area contributed by atoms with Crippen molar-refractivity contribution in [2.75, 3.05) is 19.3 Å². The molecule has 0 aliphatic heterocycles. The van der Waals surface area contributed by atoms with Crippen LogP contribution in [0.1, 0.15) is 23.2 Å². The zero-order chi connectivity index (χ0) is 13.3. The van der Waals surface area contributed by atoms with Gasteiger partial charge in [-0.25, -0.2) is 0 Å². The van der Waals surface area contributed by atoms with Crippen molar-refractivity contribution in [1.29, 1.82) is 0 Å². The largest absolute Gasteiger partial charge is 0.399 e. The minimum absolute atomic E-state index is 0.0458. The topological polar surface area (TPSA) is 66.6 Å². The first-order valence-corrected chi connectivity index (χ1v) is 6.75. The molecule has 1 aromatic carbocycles. The molecule has 0 unspecified atom stereocenters. The number of amides is 1. The summed E-state index contributed by atoms with van der Waals surface area (Å²) in [5.74, 6) is 0.365. The Kier molecular flexibility index (Phi) is 3.92. The molecule has 3 N–H and O–H groups in total. The van der Waals surface area contributed by atoms with Crippen molar-refractivity contribution in [2.45, 2.75) is 18.9 Å². The quantitative estimate of drug-likeness (QED) is 0.837. The van der Waals surface area contributed by atoms with Crippen LogP contribution in [0.2, 0.25) is 0 Å². The highest BCUT2D eigenvalue weighted by molar-refractivity contribution is 9.10. The fourth-order valence-electron chi connectivity index (χ4n) is 2.23. The van der Waals surface area contributed by atoms with E-state index in [1.54, 1.807) is 30.1 Å². The van der Waals surface area contributed by atoms with Gasteiger partial charge in [0.25, 0.3) is 5.91 Å². The van der Waals surface area contributed by atoms with Crippen molar-refractivity contribution in [2.24, 2.45) is 5.92 Å². The molecule has 0 heterocycles. The van der Waals surface area contributed by atoms with Crippen LogP contribution in [-0.4, -0.2) is 35.6 Å². The third-order valence-electron chi connectivity index (χ3n) is 3.31. The first-order valence-electron chi connectivity index (χ1n) is 5.96. The summed E-state index contributed by atoms with van der Waals surface area (Å²) < 4.78 is 0.752. The van der Waals surface area contributed by atoms with Crippen LogP contribution in [0.4, 0.5) is 5.69 Å². The van der Waals surface area contributed by atoms with E-state index in [1.165, 1.54) is 0 Å². The summed E-state index contributed by atoms with van der Waals surface area (Å²) in [6.07, 6.45) is 1.39. The Morgan fingerprint density at radius 1 is 1.56 bits per heavy atom. The van der Waals surface area contributed by atoms with E-state index in [1.807, 2.05) is 0 Å². The van der Waals surface area contributed by atoms with E-state index >= 15 is 0 Å². The zero-order valence-electron chi connectivity index (χ0n) is 10.3. The summed E-state index contributed by atoms with van der Waals surface area (Å²) in [6.45, 7) is 0.678. The van der Waals surface area contributed by atoms with E-state index in [-0.39, 0.29) is 12.0 Å². The summed E-state index contributed by atoms with van der Waals surface area (Å²) in [5.41, 5.74) is 6.86. The van der Waals surface area contributed by atoms with Crippen molar-refractivity contribution in [1.82, 2.24) is 4.90 Å². The van der Waals surface area contributed by atoms with Gasteiger partial charge in [0.15, 0.2) is 0 Å². The molecule has 1 aliphatic carbocycles. The van der Waals surface area contributed by atoms with Crippen LogP contribution in [-0.2, 0) is 0 Å². The molecule has 1 aromatic rings. The predicted octanol–water partition coefficient (Wildman–Crippen LogP) is 1.87. The number of nitrogens with two attached hydrogens (primary N) is 1. The first kappa shape index (κ1) is 13.4. The lowest BCUT2D eigenvalue weighted by atomic mass is 9.82.